The van der Waals surface area contributed by atoms with Gasteiger partial charge in [0.25, 0.3) is 0 Å². The van der Waals surface area contributed by atoms with E-state index in [9.17, 15) is 4.79 Å². The fourth-order valence-electron chi connectivity index (χ4n) is 3.49. The molecule has 3 heteroatoms. The van der Waals surface area contributed by atoms with Gasteiger partial charge in [-0.2, -0.15) is 0 Å². The number of hydrogen-bond donors (Lipinski definition) is 1. The smallest absolute Gasteiger partial charge is 0.224 e. The van der Waals surface area contributed by atoms with Crippen LogP contribution in [0.3, 0.4) is 0 Å². The molecule has 1 aromatic heterocycles. The monoisotopic (exact) mass is 299 g/mol. The highest BCUT2D eigenvalue weighted by Crippen LogP contribution is 2.27. The largest absolute Gasteiger partial charge is 0.464 e. The van der Waals surface area contributed by atoms with Crippen molar-refractivity contribution in [2.45, 2.75) is 58.9 Å². The van der Waals surface area contributed by atoms with Crippen LogP contribution in [-0.2, 0) is 11.2 Å². The first-order valence-corrected chi connectivity index (χ1v) is 8.32. The Labute approximate surface area is 132 Å². The van der Waals surface area contributed by atoms with Gasteiger partial charge >= 0.3 is 0 Å². The van der Waals surface area contributed by atoms with Gasteiger partial charge in [0.05, 0.1) is 12.7 Å². The van der Waals surface area contributed by atoms with Crippen molar-refractivity contribution in [1.82, 2.24) is 5.32 Å². The van der Waals surface area contributed by atoms with Gasteiger partial charge in [0.15, 0.2) is 0 Å². The molecule has 2 atom stereocenters. The zero-order valence-corrected chi connectivity index (χ0v) is 13.7. The Bertz CT molecular complexity index is 686. The van der Waals surface area contributed by atoms with Crippen molar-refractivity contribution in [3.63, 3.8) is 0 Å². The van der Waals surface area contributed by atoms with Crippen LogP contribution in [0.5, 0.6) is 0 Å². The molecule has 1 heterocycles. The standard InChI is InChI=1S/C19H25NO2/c1-12-8-9-16-15(11-22-19(16)14(12)3)10-18(21)20-17-7-5-4-6-13(17)2/h8-9,11,13,17H,4-7,10H2,1-3H3,(H,20,21)/t13-,17+/m0/s1. The highest BCUT2D eigenvalue weighted by Gasteiger charge is 2.23. The first-order chi connectivity index (χ1) is 10.6. The summed E-state index contributed by atoms with van der Waals surface area (Å²) in [5, 5.41) is 4.28. The first kappa shape index (κ1) is 15.1. The van der Waals surface area contributed by atoms with Crippen LogP contribution < -0.4 is 5.32 Å². The summed E-state index contributed by atoms with van der Waals surface area (Å²) in [5.41, 5.74) is 4.27. The van der Waals surface area contributed by atoms with Gasteiger partial charge in [-0.1, -0.05) is 31.9 Å². The minimum Gasteiger partial charge on any atom is -0.464 e. The molecule has 1 aromatic carbocycles. The molecule has 0 saturated heterocycles. The summed E-state index contributed by atoms with van der Waals surface area (Å²) in [7, 11) is 0. The number of fused-ring (bicyclic) bond motifs is 1. The van der Waals surface area contributed by atoms with E-state index in [0.29, 0.717) is 18.4 Å². The maximum atomic E-state index is 12.4. The van der Waals surface area contributed by atoms with E-state index in [-0.39, 0.29) is 5.91 Å². The third-order valence-electron chi connectivity index (χ3n) is 5.15. The van der Waals surface area contributed by atoms with E-state index in [0.717, 1.165) is 28.5 Å². The molecule has 1 aliphatic carbocycles. The third kappa shape index (κ3) is 2.90. The molecule has 1 aliphatic rings. The Balaban J connectivity index is 1.73. The highest BCUT2D eigenvalue weighted by molar-refractivity contribution is 5.89. The molecule has 3 rings (SSSR count). The summed E-state index contributed by atoms with van der Waals surface area (Å²) >= 11 is 0. The lowest BCUT2D eigenvalue weighted by Gasteiger charge is -2.29. The van der Waals surface area contributed by atoms with Gasteiger partial charge in [-0.25, -0.2) is 0 Å². The Morgan fingerprint density at radius 1 is 1.27 bits per heavy atom. The molecule has 22 heavy (non-hydrogen) atoms. The number of carbonyl (C=O) groups excluding carboxylic acids is 1. The van der Waals surface area contributed by atoms with Crippen molar-refractivity contribution in [2.75, 3.05) is 0 Å². The van der Waals surface area contributed by atoms with Crippen molar-refractivity contribution in [2.24, 2.45) is 5.92 Å². The summed E-state index contributed by atoms with van der Waals surface area (Å²) in [5.74, 6) is 0.698. The van der Waals surface area contributed by atoms with Gasteiger partial charge in [0.1, 0.15) is 5.58 Å². The van der Waals surface area contributed by atoms with Gasteiger partial charge in [0, 0.05) is 17.0 Å². The maximum absolute atomic E-state index is 12.4. The first-order valence-electron chi connectivity index (χ1n) is 8.32. The lowest BCUT2D eigenvalue weighted by Crippen LogP contribution is -2.41. The minimum atomic E-state index is 0.111. The average molecular weight is 299 g/mol. The van der Waals surface area contributed by atoms with Crippen molar-refractivity contribution in [1.29, 1.82) is 0 Å². The van der Waals surface area contributed by atoms with E-state index in [4.69, 9.17) is 4.42 Å². The van der Waals surface area contributed by atoms with Gasteiger partial charge in [-0.05, 0) is 43.7 Å². The van der Waals surface area contributed by atoms with Crippen molar-refractivity contribution in [3.8, 4) is 0 Å². The topological polar surface area (TPSA) is 42.2 Å². The van der Waals surface area contributed by atoms with E-state index in [1.54, 1.807) is 6.26 Å². The van der Waals surface area contributed by atoms with Crippen molar-refractivity contribution >= 4 is 16.9 Å². The second kappa shape index (κ2) is 6.15. The molecule has 0 spiro atoms. The molecular formula is C19H25NO2. The van der Waals surface area contributed by atoms with E-state index >= 15 is 0 Å². The lowest BCUT2D eigenvalue weighted by atomic mass is 9.86. The van der Waals surface area contributed by atoms with E-state index in [1.807, 2.05) is 0 Å². The van der Waals surface area contributed by atoms with Crippen LogP contribution in [0.15, 0.2) is 22.8 Å². The van der Waals surface area contributed by atoms with Crippen LogP contribution in [-0.4, -0.2) is 11.9 Å². The van der Waals surface area contributed by atoms with E-state index in [2.05, 4.69) is 38.2 Å². The summed E-state index contributed by atoms with van der Waals surface area (Å²) in [6.45, 7) is 6.38. The predicted molar refractivity (Wildman–Crippen MR) is 89.0 cm³/mol. The summed E-state index contributed by atoms with van der Waals surface area (Å²) in [4.78, 5) is 12.4. The second-order valence-electron chi connectivity index (χ2n) is 6.76. The fourth-order valence-corrected chi connectivity index (χ4v) is 3.49. The Kier molecular flexibility index (Phi) is 4.23. The van der Waals surface area contributed by atoms with Crippen LogP contribution in [0.1, 0.15) is 49.3 Å². The molecule has 1 fully saturated rings. The van der Waals surface area contributed by atoms with Gasteiger partial charge in [-0.3, -0.25) is 4.79 Å². The third-order valence-corrected chi connectivity index (χ3v) is 5.15. The molecule has 0 unspecified atom stereocenters. The van der Waals surface area contributed by atoms with Gasteiger partial charge in [-0.15, -0.1) is 0 Å². The molecule has 0 radical (unpaired) electrons. The molecule has 1 amide bonds. The second-order valence-corrected chi connectivity index (χ2v) is 6.76. The number of aryl methyl sites for hydroxylation is 2. The van der Waals surface area contributed by atoms with Crippen LogP contribution >= 0.6 is 0 Å². The Hall–Kier alpha value is -1.77. The molecule has 0 aliphatic heterocycles. The molecule has 1 N–H and O–H groups in total. The van der Waals surface area contributed by atoms with Gasteiger partial charge in [0.2, 0.25) is 5.91 Å². The van der Waals surface area contributed by atoms with E-state index in [1.165, 1.54) is 24.8 Å². The number of nitrogens with one attached hydrogen (secondary N) is 1. The fraction of sp³-hybridized carbons (Fsp3) is 0.526. The molecule has 3 nitrogen and oxygen atoms in total. The Morgan fingerprint density at radius 2 is 2.05 bits per heavy atom. The number of benzene rings is 1. The minimum absolute atomic E-state index is 0.111. The highest BCUT2D eigenvalue weighted by atomic mass is 16.3. The SMILES string of the molecule is Cc1ccc2c(CC(=O)N[C@@H]3CCCC[C@@H]3C)coc2c1C. The van der Waals surface area contributed by atoms with Crippen LogP contribution in [0.4, 0.5) is 0 Å². The number of furan rings is 1. The quantitative estimate of drug-likeness (QED) is 0.918. The lowest BCUT2D eigenvalue weighted by molar-refractivity contribution is -0.121. The molecular weight excluding hydrogens is 274 g/mol. The summed E-state index contributed by atoms with van der Waals surface area (Å²) < 4.78 is 5.69. The normalized spacial score (nSPS) is 22.0. The number of hydrogen-bond acceptors (Lipinski definition) is 2. The van der Waals surface area contributed by atoms with Crippen LogP contribution in [0.2, 0.25) is 0 Å². The predicted octanol–water partition coefficient (Wildman–Crippen LogP) is 4.29. The molecule has 118 valence electrons. The number of amides is 1. The summed E-state index contributed by atoms with van der Waals surface area (Å²) in [6.07, 6.45) is 6.98. The number of carbonyl (C=O) groups is 1. The number of rotatable bonds is 3. The van der Waals surface area contributed by atoms with Crippen LogP contribution in [0.25, 0.3) is 11.0 Å². The summed E-state index contributed by atoms with van der Waals surface area (Å²) in [6, 6.07) is 4.49. The maximum Gasteiger partial charge on any atom is 0.224 e. The molecule has 1 saturated carbocycles. The Morgan fingerprint density at radius 3 is 2.82 bits per heavy atom. The van der Waals surface area contributed by atoms with Crippen molar-refractivity contribution < 1.29 is 9.21 Å². The molecule has 2 aromatic rings. The van der Waals surface area contributed by atoms with Gasteiger partial charge < -0.3 is 9.73 Å². The average Bonchev–Trinajstić information content (AvgIpc) is 2.89. The molecule has 0 bridgehead atoms. The van der Waals surface area contributed by atoms with E-state index < -0.39 is 0 Å². The van der Waals surface area contributed by atoms with Crippen LogP contribution in [0, 0.1) is 19.8 Å². The zero-order chi connectivity index (χ0) is 15.7. The zero-order valence-electron chi connectivity index (χ0n) is 13.7. The van der Waals surface area contributed by atoms with Crippen molar-refractivity contribution in [3.05, 3.63) is 35.1 Å².